The van der Waals surface area contributed by atoms with Crippen LogP contribution in [0.25, 0.3) is 11.1 Å². The summed E-state index contributed by atoms with van der Waals surface area (Å²) in [5.74, 6) is 0.962. The Morgan fingerprint density at radius 1 is 1.03 bits per heavy atom. The van der Waals surface area contributed by atoms with Crippen molar-refractivity contribution in [1.82, 2.24) is 0 Å². The molecule has 1 heterocycles. The maximum Gasteiger partial charge on any atom is 0.234 e. The van der Waals surface area contributed by atoms with E-state index in [1.165, 1.54) is 11.4 Å². The van der Waals surface area contributed by atoms with E-state index in [0.29, 0.717) is 29.2 Å². The zero-order valence-corrected chi connectivity index (χ0v) is 21.4. The minimum absolute atomic E-state index is 0.0422. The Hall–Kier alpha value is -3.08. The fraction of sp³-hybridized carbons (Fsp3) is 0.280. The van der Waals surface area contributed by atoms with Gasteiger partial charge in [0.15, 0.2) is 0 Å². The van der Waals surface area contributed by atoms with Gasteiger partial charge >= 0.3 is 0 Å². The third kappa shape index (κ3) is 5.14. The number of rotatable bonds is 8. The van der Waals surface area contributed by atoms with Crippen LogP contribution in [0.15, 0.2) is 60.7 Å². The van der Waals surface area contributed by atoms with Gasteiger partial charge in [0, 0.05) is 12.6 Å². The van der Waals surface area contributed by atoms with Crippen molar-refractivity contribution >= 4 is 25.7 Å². The van der Waals surface area contributed by atoms with Crippen LogP contribution >= 0.6 is 0 Å². The standard InChI is InChI=1S/C25H28N2O6S2/c1-4-13-35(30,31)27(2)19-8-5-7-18(15-19)25-21-14-17(16-34(26,28)29)11-12-20(21)24-22(32-3)9-6-10-23(24)33-25/h5-12,14-15,25H,4,13,16H2,1-3H3,(H2,26,28,29). The Kier molecular flexibility index (Phi) is 6.81. The largest absolute Gasteiger partial charge is 0.496 e. The van der Waals surface area contributed by atoms with Crippen molar-refractivity contribution in [1.29, 1.82) is 0 Å². The number of hydrogen-bond donors (Lipinski definition) is 1. The molecular weight excluding hydrogens is 488 g/mol. The highest BCUT2D eigenvalue weighted by Crippen LogP contribution is 2.49. The number of methoxy groups -OCH3 is 1. The average Bonchev–Trinajstić information content (AvgIpc) is 2.81. The molecule has 3 aromatic rings. The topological polar surface area (TPSA) is 116 Å². The average molecular weight is 517 g/mol. The lowest BCUT2D eigenvalue weighted by Gasteiger charge is -2.31. The third-order valence-corrected chi connectivity index (χ3v) is 8.61. The monoisotopic (exact) mass is 516 g/mol. The molecular formula is C25H28N2O6S2. The molecule has 1 aliphatic rings. The predicted molar refractivity (Wildman–Crippen MR) is 137 cm³/mol. The molecule has 0 spiro atoms. The van der Waals surface area contributed by atoms with Gasteiger partial charge in [0.1, 0.15) is 17.6 Å². The summed E-state index contributed by atoms with van der Waals surface area (Å²) in [4.78, 5) is 0. The van der Waals surface area contributed by atoms with Gasteiger partial charge in [-0.05, 0) is 47.4 Å². The van der Waals surface area contributed by atoms with Gasteiger partial charge in [0.05, 0.1) is 29.9 Å². The van der Waals surface area contributed by atoms with Gasteiger partial charge in [-0.15, -0.1) is 0 Å². The summed E-state index contributed by atoms with van der Waals surface area (Å²) >= 11 is 0. The molecule has 2 N–H and O–H groups in total. The SMILES string of the molecule is CCCS(=O)(=O)N(C)c1cccc(C2Oc3cccc(OC)c3-c3ccc(CS(N)(=O)=O)cc32)c1. The van der Waals surface area contributed by atoms with Crippen molar-refractivity contribution < 1.29 is 26.3 Å². The Morgan fingerprint density at radius 2 is 1.77 bits per heavy atom. The Labute approximate surface area is 206 Å². The second-order valence-corrected chi connectivity index (χ2v) is 12.2. The Balaban J connectivity index is 1.86. The quantitative estimate of drug-likeness (QED) is 0.487. The number of ether oxygens (including phenoxy) is 2. The highest BCUT2D eigenvalue weighted by atomic mass is 32.2. The number of nitrogens with two attached hydrogens (primary N) is 1. The minimum Gasteiger partial charge on any atom is -0.496 e. The molecule has 186 valence electrons. The number of benzene rings is 3. The summed E-state index contributed by atoms with van der Waals surface area (Å²) in [5, 5.41) is 5.29. The van der Waals surface area contributed by atoms with Gasteiger partial charge in [0.2, 0.25) is 20.0 Å². The van der Waals surface area contributed by atoms with E-state index in [9.17, 15) is 16.8 Å². The van der Waals surface area contributed by atoms with Crippen LogP contribution in [-0.4, -0.2) is 36.7 Å². The lowest BCUT2D eigenvalue weighted by atomic mass is 9.88. The first kappa shape index (κ1) is 25.0. The maximum atomic E-state index is 12.6. The molecule has 0 saturated carbocycles. The molecule has 0 bridgehead atoms. The molecule has 0 amide bonds. The van der Waals surface area contributed by atoms with Gasteiger partial charge in [-0.25, -0.2) is 22.0 Å². The summed E-state index contributed by atoms with van der Waals surface area (Å²) in [6.07, 6.45) is -0.0936. The van der Waals surface area contributed by atoms with E-state index in [2.05, 4.69) is 0 Å². The Morgan fingerprint density at radius 3 is 2.46 bits per heavy atom. The summed E-state index contributed by atoms with van der Waals surface area (Å²) < 4.78 is 62.0. The summed E-state index contributed by atoms with van der Waals surface area (Å²) in [7, 11) is -4.09. The van der Waals surface area contributed by atoms with Gasteiger partial charge < -0.3 is 9.47 Å². The van der Waals surface area contributed by atoms with Crippen molar-refractivity contribution in [2.24, 2.45) is 5.14 Å². The highest BCUT2D eigenvalue weighted by Gasteiger charge is 2.31. The van der Waals surface area contributed by atoms with Gasteiger partial charge in [-0.2, -0.15) is 0 Å². The lowest BCUT2D eigenvalue weighted by molar-refractivity contribution is 0.242. The molecule has 8 nitrogen and oxygen atoms in total. The van der Waals surface area contributed by atoms with E-state index >= 15 is 0 Å². The summed E-state index contributed by atoms with van der Waals surface area (Å²) in [5.41, 5.74) is 4.10. The Bertz CT molecular complexity index is 1470. The molecule has 4 rings (SSSR count). The summed E-state index contributed by atoms with van der Waals surface area (Å²) in [6, 6.07) is 18.0. The smallest absolute Gasteiger partial charge is 0.234 e. The molecule has 35 heavy (non-hydrogen) atoms. The van der Waals surface area contributed by atoms with E-state index in [-0.39, 0.29) is 11.5 Å². The molecule has 0 aliphatic carbocycles. The van der Waals surface area contributed by atoms with E-state index in [0.717, 1.165) is 22.3 Å². The zero-order valence-electron chi connectivity index (χ0n) is 19.8. The van der Waals surface area contributed by atoms with Crippen molar-refractivity contribution in [2.45, 2.75) is 25.2 Å². The van der Waals surface area contributed by atoms with E-state index in [1.807, 2.05) is 37.3 Å². The minimum atomic E-state index is -3.74. The van der Waals surface area contributed by atoms with Gasteiger partial charge in [-0.1, -0.05) is 43.3 Å². The normalized spacial score (nSPS) is 15.0. The van der Waals surface area contributed by atoms with Crippen LogP contribution in [0, 0.1) is 0 Å². The van der Waals surface area contributed by atoms with Crippen molar-refractivity contribution in [3.63, 3.8) is 0 Å². The van der Waals surface area contributed by atoms with Crippen molar-refractivity contribution in [3.05, 3.63) is 77.4 Å². The molecule has 1 atom stereocenters. The first-order valence-electron chi connectivity index (χ1n) is 11.1. The van der Waals surface area contributed by atoms with Crippen LogP contribution in [-0.2, 0) is 25.8 Å². The molecule has 0 saturated heterocycles. The van der Waals surface area contributed by atoms with Crippen LogP contribution < -0.4 is 18.9 Å². The van der Waals surface area contributed by atoms with E-state index in [4.69, 9.17) is 14.6 Å². The first-order valence-corrected chi connectivity index (χ1v) is 14.4. The molecule has 1 unspecified atom stereocenters. The number of primary sulfonamides is 1. The molecule has 10 heteroatoms. The molecule has 0 fully saturated rings. The summed E-state index contributed by atoms with van der Waals surface area (Å²) in [6.45, 7) is 1.82. The molecule has 0 aromatic heterocycles. The predicted octanol–water partition coefficient (Wildman–Crippen LogP) is 3.81. The van der Waals surface area contributed by atoms with Gasteiger partial charge in [-0.3, -0.25) is 4.31 Å². The number of fused-ring (bicyclic) bond motifs is 3. The maximum absolute atomic E-state index is 12.6. The van der Waals surface area contributed by atoms with Crippen molar-refractivity contribution in [2.75, 3.05) is 24.2 Å². The van der Waals surface area contributed by atoms with E-state index in [1.54, 1.807) is 37.4 Å². The van der Waals surface area contributed by atoms with Crippen LogP contribution in [0.3, 0.4) is 0 Å². The highest BCUT2D eigenvalue weighted by molar-refractivity contribution is 7.92. The van der Waals surface area contributed by atoms with Crippen LogP contribution in [0.5, 0.6) is 11.5 Å². The number of hydrogen-bond acceptors (Lipinski definition) is 6. The lowest BCUT2D eigenvalue weighted by Crippen LogP contribution is -2.29. The second kappa shape index (κ2) is 9.52. The fourth-order valence-corrected chi connectivity index (χ4v) is 6.17. The molecule has 1 aliphatic heterocycles. The van der Waals surface area contributed by atoms with Crippen LogP contribution in [0.2, 0.25) is 0 Å². The zero-order chi connectivity index (χ0) is 25.4. The molecule has 0 radical (unpaired) electrons. The fourth-order valence-electron chi connectivity index (χ4n) is 4.30. The third-order valence-electron chi connectivity index (χ3n) is 5.90. The number of anilines is 1. The molecule has 3 aromatic carbocycles. The number of sulfonamides is 2. The van der Waals surface area contributed by atoms with Crippen molar-refractivity contribution in [3.8, 4) is 22.6 Å². The van der Waals surface area contributed by atoms with E-state index < -0.39 is 26.2 Å². The van der Waals surface area contributed by atoms with Crippen LogP contribution in [0.1, 0.15) is 36.1 Å². The first-order chi connectivity index (χ1) is 16.5. The second-order valence-electron chi connectivity index (χ2n) is 8.44. The van der Waals surface area contributed by atoms with Crippen LogP contribution in [0.4, 0.5) is 5.69 Å². The van der Waals surface area contributed by atoms with Gasteiger partial charge in [0.25, 0.3) is 0 Å². The number of nitrogens with zero attached hydrogens (tertiary/aromatic N) is 1.